The van der Waals surface area contributed by atoms with E-state index in [1.54, 1.807) is 6.20 Å². The maximum absolute atomic E-state index is 11.0. The number of rotatable bonds is 2. The summed E-state index contributed by atoms with van der Waals surface area (Å²) in [6.45, 7) is 6.54. The number of aliphatic hydroxyl groups is 1. The lowest BCUT2D eigenvalue weighted by Gasteiger charge is -2.28. The predicted octanol–water partition coefficient (Wildman–Crippen LogP) is 3.40. The fourth-order valence-electron chi connectivity index (χ4n) is 3.24. The molecule has 2 rings (SSSR count). The van der Waals surface area contributed by atoms with Crippen LogP contribution in [0.4, 0.5) is 5.82 Å². The highest BCUT2D eigenvalue weighted by Crippen LogP contribution is 2.41. The number of aromatic nitrogens is 1. The van der Waals surface area contributed by atoms with Gasteiger partial charge in [-0.05, 0) is 56.1 Å². The second-order valence-corrected chi connectivity index (χ2v) is 6.41. The van der Waals surface area contributed by atoms with Crippen LogP contribution in [-0.2, 0) is 5.60 Å². The molecule has 3 heteroatoms. The Labute approximate surface area is 116 Å². The molecule has 1 aliphatic carbocycles. The summed E-state index contributed by atoms with van der Waals surface area (Å²) in [6.07, 6.45) is 6.69. The number of anilines is 1. The molecule has 3 nitrogen and oxygen atoms in total. The van der Waals surface area contributed by atoms with Crippen LogP contribution in [0.3, 0.4) is 0 Å². The average Bonchev–Trinajstić information content (AvgIpc) is 2.55. The smallest absolute Gasteiger partial charge is 0.129 e. The molecule has 0 bridgehead atoms. The second kappa shape index (κ2) is 5.49. The topological polar surface area (TPSA) is 59.1 Å². The third kappa shape index (κ3) is 3.08. The van der Waals surface area contributed by atoms with Crippen LogP contribution < -0.4 is 5.73 Å². The third-order valence-corrected chi connectivity index (χ3v) is 4.59. The predicted molar refractivity (Wildman–Crippen MR) is 78.7 cm³/mol. The minimum atomic E-state index is -0.785. The van der Waals surface area contributed by atoms with Crippen molar-refractivity contribution < 1.29 is 5.11 Å². The standard InChI is InChI=1S/C16H26N2O/c1-11(2)13-5-4-7-16(19,8-6-13)14-9-12(3)10-18-15(14)17/h9-11,13,19H,4-8H2,1-3H3,(H2,17,18). The molecule has 1 aliphatic rings. The summed E-state index contributed by atoms with van der Waals surface area (Å²) in [6, 6.07) is 2.00. The molecule has 0 aliphatic heterocycles. The highest BCUT2D eigenvalue weighted by Gasteiger charge is 2.35. The summed E-state index contributed by atoms with van der Waals surface area (Å²) >= 11 is 0. The van der Waals surface area contributed by atoms with E-state index in [4.69, 9.17) is 5.73 Å². The van der Waals surface area contributed by atoms with Gasteiger partial charge in [-0.25, -0.2) is 4.98 Å². The lowest BCUT2D eigenvalue weighted by molar-refractivity contribution is 0.0195. The minimum absolute atomic E-state index is 0.482. The largest absolute Gasteiger partial charge is 0.385 e. The lowest BCUT2D eigenvalue weighted by Crippen LogP contribution is -2.27. The van der Waals surface area contributed by atoms with Crippen LogP contribution in [0.15, 0.2) is 12.3 Å². The molecule has 2 atom stereocenters. The van der Waals surface area contributed by atoms with E-state index in [2.05, 4.69) is 18.8 Å². The summed E-state index contributed by atoms with van der Waals surface area (Å²) in [5.74, 6) is 1.89. The number of nitrogens with two attached hydrogens (primary N) is 1. The van der Waals surface area contributed by atoms with Gasteiger partial charge in [-0.2, -0.15) is 0 Å². The van der Waals surface area contributed by atoms with Gasteiger partial charge in [0.1, 0.15) is 5.82 Å². The Balaban J connectivity index is 2.25. The number of nitrogen functional groups attached to an aromatic ring is 1. The maximum Gasteiger partial charge on any atom is 0.129 e. The first-order valence-electron chi connectivity index (χ1n) is 7.37. The van der Waals surface area contributed by atoms with Gasteiger partial charge >= 0.3 is 0 Å². The quantitative estimate of drug-likeness (QED) is 0.803. The zero-order valence-electron chi connectivity index (χ0n) is 12.3. The van der Waals surface area contributed by atoms with Gasteiger partial charge in [-0.15, -0.1) is 0 Å². The second-order valence-electron chi connectivity index (χ2n) is 6.41. The molecule has 106 valence electrons. The molecule has 2 unspecified atom stereocenters. The minimum Gasteiger partial charge on any atom is -0.385 e. The third-order valence-electron chi connectivity index (χ3n) is 4.59. The molecule has 3 N–H and O–H groups in total. The number of hydrogen-bond donors (Lipinski definition) is 2. The first-order chi connectivity index (χ1) is 8.92. The molecular formula is C16H26N2O. The maximum atomic E-state index is 11.0. The van der Waals surface area contributed by atoms with Crippen LogP contribution in [0.5, 0.6) is 0 Å². The van der Waals surface area contributed by atoms with Crippen molar-refractivity contribution in [2.75, 3.05) is 5.73 Å². The molecule has 0 radical (unpaired) electrons. The van der Waals surface area contributed by atoms with Crippen molar-refractivity contribution in [3.63, 3.8) is 0 Å². The van der Waals surface area contributed by atoms with Crippen molar-refractivity contribution in [3.05, 3.63) is 23.4 Å². The molecular weight excluding hydrogens is 236 g/mol. The average molecular weight is 262 g/mol. The van der Waals surface area contributed by atoms with E-state index in [0.717, 1.165) is 36.8 Å². The van der Waals surface area contributed by atoms with Crippen LogP contribution in [0.2, 0.25) is 0 Å². The van der Waals surface area contributed by atoms with Crippen molar-refractivity contribution in [3.8, 4) is 0 Å². The van der Waals surface area contributed by atoms with Crippen molar-refractivity contribution >= 4 is 5.82 Å². The summed E-state index contributed by atoms with van der Waals surface area (Å²) in [5, 5.41) is 11.0. The summed E-state index contributed by atoms with van der Waals surface area (Å²) < 4.78 is 0. The highest BCUT2D eigenvalue weighted by atomic mass is 16.3. The molecule has 1 aromatic heterocycles. The zero-order valence-corrected chi connectivity index (χ0v) is 12.3. The van der Waals surface area contributed by atoms with Crippen LogP contribution >= 0.6 is 0 Å². The number of hydrogen-bond acceptors (Lipinski definition) is 3. The highest BCUT2D eigenvalue weighted by molar-refractivity contribution is 5.44. The lowest BCUT2D eigenvalue weighted by atomic mass is 9.84. The molecule has 1 heterocycles. The van der Waals surface area contributed by atoms with E-state index < -0.39 is 5.60 Å². The molecule has 1 saturated carbocycles. The first-order valence-corrected chi connectivity index (χ1v) is 7.37. The van der Waals surface area contributed by atoms with Gasteiger partial charge in [-0.3, -0.25) is 0 Å². The molecule has 0 spiro atoms. The van der Waals surface area contributed by atoms with Crippen LogP contribution in [0.25, 0.3) is 0 Å². The van der Waals surface area contributed by atoms with Crippen molar-refractivity contribution in [2.24, 2.45) is 11.8 Å². The molecule has 0 aromatic carbocycles. The van der Waals surface area contributed by atoms with Gasteiger partial charge in [-0.1, -0.05) is 20.3 Å². The van der Waals surface area contributed by atoms with Gasteiger partial charge in [0.25, 0.3) is 0 Å². The Morgan fingerprint density at radius 2 is 2.11 bits per heavy atom. The van der Waals surface area contributed by atoms with Gasteiger partial charge in [0.15, 0.2) is 0 Å². The Kier molecular flexibility index (Phi) is 4.14. The fourth-order valence-corrected chi connectivity index (χ4v) is 3.24. The number of pyridine rings is 1. The van der Waals surface area contributed by atoms with E-state index in [1.165, 1.54) is 6.42 Å². The van der Waals surface area contributed by atoms with E-state index in [1.807, 2.05) is 13.0 Å². The van der Waals surface area contributed by atoms with Crippen molar-refractivity contribution in [1.29, 1.82) is 0 Å². The van der Waals surface area contributed by atoms with Crippen molar-refractivity contribution in [2.45, 2.75) is 58.5 Å². The van der Waals surface area contributed by atoms with E-state index in [0.29, 0.717) is 17.7 Å². The summed E-state index contributed by atoms with van der Waals surface area (Å²) in [5.41, 5.74) is 7.08. The fraction of sp³-hybridized carbons (Fsp3) is 0.688. The zero-order chi connectivity index (χ0) is 14.0. The van der Waals surface area contributed by atoms with Gasteiger partial charge < -0.3 is 10.8 Å². The van der Waals surface area contributed by atoms with Crippen molar-refractivity contribution in [1.82, 2.24) is 4.98 Å². The Morgan fingerprint density at radius 1 is 1.37 bits per heavy atom. The number of aryl methyl sites for hydroxylation is 1. The van der Waals surface area contributed by atoms with E-state index >= 15 is 0 Å². The Morgan fingerprint density at radius 3 is 2.79 bits per heavy atom. The van der Waals surface area contributed by atoms with Crippen LogP contribution in [0, 0.1) is 18.8 Å². The van der Waals surface area contributed by atoms with Crippen LogP contribution in [-0.4, -0.2) is 10.1 Å². The van der Waals surface area contributed by atoms with E-state index in [-0.39, 0.29) is 0 Å². The molecule has 0 amide bonds. The first kappa shape index (κ1) is 14.3. The van der Waals surface area contributed by atoms with Crippen LogP contribution in [0.1, 0.15) is 57.1 Å². The monoisotopic (exact) mass is 262 g/mol. The normalized spacial score (nSPS) is 28.4. The summed E-state index contributed by atoms with van der Waals surface area (Å²) in [7, 11) is 0. The molecule has 1 fully saturated rings. The SMILES string of the molecule is Cc1cnc(N)c(C2(O)CCCC(C(C)C)CC2)c1. The summed E-state index contributed by atoms with van der Waals surface area (Å²) in [4.78, 5) is 4.20. The van der Waals surface area contributed by atoms with Gasteiger partial charge in [0, 0.05) is 11.8 Å². The molecule has 19 heavy (non-hydrogen) atoms. The number of nitrogens with zero attached hydrogens (tertiary/aromatic N) is 1. The molecule has 0 saturated heterocycles. The van der Waals surface area contributed by atoms with Gasteiger partial charge in [0.2, 0.25) is 0 Å². The Bertz CT molecular complexity index is 444. The Hall–Kier alpha value is -1.09. The van der Waals surface area contributed by atoms with Gasteiger partial charge in [0.05, 0.1) is 5.60 Å². The molecule has 1 aromatic rings. The van der Waals surface area contributed by atoms with E-state index in [9.17, 15) is 5.11 Å².